The van der Waals surface area contributed by atoms with Crippen molar-refractivity contribution < 1.29 is 19.4 Å². The molecule has 0 spiro atoms. The first kappa shape index (κ1) is 21.5. The van der Waals surface area contributed by atoms with Crippen LogP contribution >= 0.6 is 0 Å². The van der Waals surface area contributed by atoms with E-state index in [2.05, 4.69) is 30.9 Å². The Hall–Kier alpha value is -3.38. The number of fused-ring (bicyclic) bond motifs is 3. The zero-order valence-corrected chi connectivity index (χ0v) is 19.2. The number of hydrogen-bond acceptors (Lipinski definition) is 5. The summed E-state index contributed by atoms with van der Waals surface area (Å²) in [5, 5.41) is 10.8. The van der Waals surface area contributed by atoms with Crippen LogP contribution in [0.1, 0.15) is 53.5 Å². The van der Waals surface area contributed by atoms with E-state index in [0.29, 0.717) is 36.2 Å². The van der Waals surface area contributed by atoms with Gasteiger partial charge in [-0.25, -0.2) is 9.78 Å². The van der Waals surface area contributed by atoms with Crippen LogP contribution in [0.2, 0.25) is 0 Å². The molecule has 0 saturated carbocycles. The van der Waals surface area contributed by atoms with E-state index in [1.165, 1.54) is 0 Å². The number of rotatable bonds is 5. The summed E-state index contributed by atoms with van der Waals surface area (Å²) >= 11 is 0. The van der Waals surface area contributed by atoms with Crippen LogP contribution in [0.15, 0.2) is 36.4 Å². The summed E-state index contributed by atoms with van der Waals surface area (Å²) in [7, 11) is 0. The van der Waals surface area contributed by atoms with Crippen molar-refractivity contribution in [1.82, 2.24) is 9.88 Å². The van der Waals surface area contributed by atoms with Crippen LogP contribution < -0.4 is 9.47 Å². The molecule has 1 unspecified atom stereocenters. The van der Waals surface area contributed by atoms with Crippen LogP contribution in [0.5, 0.6) is 11.5 Å². The number of ether oxygens (including phenoxy) is 2. The molecule has 2 aliphatic heterocycles. The number of pyridine rings is 1. The van der Waals surface area contributed by atoms with E-state index < -0.39 is 5.97 Å². The minimum atomic E-state index is -0.919. The fourth-order valence-electron chi connectivity index (χ4n) is 4.88. The molecule has 33 heavy (non-hydrogen) atoms. The van der Waals surface area contributed by atoms with Crippen molar-refractivity contribution in [3.05, 3.63) is 64.3 Å². The highest BCUT2D eigenvalue weighted by Gasteiger charge is 2.29. The predicted molar refractivity (Wildman–Crippen MR) is 129 cm³/mol. The SMILES string of the molecule is CCOc1cc2c(cc1/C=C1\CN(CC)Cc3c1nc1ccccc1c3C(=O)O)OC(C)C2. The molecule has 5 rings (SSSR count). The highest BCUT2D eigenvalue weighted by Crippen LogP contribution is 2.39. The number of aromatic carboxylic acids is 1. The van der Waals surface area contributed by atoms with Crippen molar-refractivity contribution in [2.75, 3.05) is 19.7 Å². The second-order valence-electron chi connectivity index (χ2n) is 8.67. The Balaban J connectivity index is 1.72. The van der Waals surface area contributed by atoms with Crippen LogP contribution in [0.25, 0.3) is 22.6 Å². The summed E-state index contributed by atoms with van der Waals surface area (Å²) in [5.41, 5.74) is 5.63. The van der Waals surface area contributed by atoms with Crippen LogP contribution in [-0.2, 0) is 13.0 Å². The third-order valence-electron chi connectivity index (χ3n) is 6.39. The summed E-state index contributed by atoms with van der Waals surface area (Å²) in [6.07, 6.45) is 3.11. The second kappa shape index (κ2) is 8.52. The molecule has 0 bridgehead atoms. The van der Waals surface area contributed by atoms with Gasteiger partial charge in [0.15, 0.2) is 0 Å². The van der Waals surface area contributed by atoms with Crippen LogP contribution in [0, 0.1) is 0 Å². The number of carboxylic acid groups (broad SMARTS) is 1. The van der Waals surface area contributed by atoms with Gasteiger partial charge in [0.05, 0.1) is 23.4 Å². The van der Waals surface area contributed by atoms with Gasteiger partial charge in [-0.15, -0.1) is 0 Å². The summed E-state index contributed by atoms with van der Waals surface area (Å²) in [6.45, 7) is 8.76. The predicted octanol–water partition coefficient (Wildman–Crippen LogP) is 5.03. The fraction of sp³-hybridized carbons (Fsp3) is 0.333. The highest BCUT2D eigenvalue weighted by molar-refractivity contribution is 6.06. The van der Waals surface area contributed by atoms with Gasteiger partial charge in [0.2, 0.25) is 0 Å². The lowest BCUT2D eigenvalue weighted by molar-refractivity contribution is 0.0696. The number of para-hydroxylation sites is 1. The van der Waals surface area contributed by atoms with E-state index in [1.54, 1.807) is 0 Å². The Morgan fingerprint density at radius 1 is 1.27 bits per heavy atom. The zero-order chi connectivity index (χ0) is 23.1. The Kier molecular flexibility index (Phi) is 5.54. The first-order valence-corrected chi connectivity index (χ1v) is 11.5. The molecule has 0 radical (unpaired) electrons. The van der Waals surface area contributed by atoms with Crippen molar-refractivity contribution in [1.29, 1.82) is 0 Å². The van der Waals surface area contributed by atoms with Crippen molar-refractivity contribution in [3.8, 4) is 11.5 Å². The Labute approximate surface area is 193 Å². The lowest BCUT2D eigenvalue weighted by atomic mass is 9.91. The number of carboxylic acids is 1. The Morgan fingerprint density at radius 3 is 2.85 bits per heavy atom. The molecule has 6 nitrogen and oxygen atoms in total. The molecule has 1 aromatic heterocycles. The van der Waals surface area contributed by atoms with Gasteiger partial charge in [-0.2, -0.15) is 0 Å². The number of benzene rings is 2. The molecule has 2 aliphatic rings. The maximum absolute atomic E-state index is 12.3. The molecule has 1 atom stereocenters. The van der Waals surface area contributed by atoms with Crippen LogP contribution in [-0.4, -0.2) is 46.8 Å². The molecule has 3 heterocycles. The van der Waals surface area contributed by atoms with Gasteiger partial charge in [-0.3, -0.25) is 4.90 Å². The zero-order valence-electron chi connectivity index (χ0n) is 19.2. The van der Waals surface area contributed by atoms with Crippen molar-refractivity contribution in [2.24, 2.45) is 0 Å². The van der Waals surface area contributed by atoms with Crippen molar-refractivity contribution in [3.63, 3.8) is 0 Å². The highest BCUT2D eigenvalue weighted by atomic mass is 16.5. The van der Waals surface area contributed by atoms with E-state index in [-0.39, 0.29) is 6.10 Å². The minimum absolute atomic E-state index is 0.148. The van der Waals surface area contributed by atoms with Gasteiger partial charge in [-0.05, 0) is 50.2 Å². The molecule has 170 valence electrons. The molecule has 0 fully saturated rings. The smallest absolute Gasteiger partial charge is 0.336 e. The molecule has 1 N–H and O–H groups in total. The maximum Gasteiger partial charge on any atom is 0.336 e. The normalized spacial score (nSPS) is 18.8. The molecule has 3 aromatic rings. The second-order valence-corrected chi connectivity index (χ2v) is 8.67. The summed E-state index contributed by atoms with van der Waals surface area (Å²) in [5.74, 6) is 0.784. The monoisotopic (exact) mass is 444 g/mol. The van der Waals surface area contributed by atoms with Gasteiger partial charge in [0.1, 0.15) is 17.6 Å². The first-order valence-electron chi connectivity index (χ1n) is 11.5. The molecule has 2 aromatic carbocycles. The molecule has 0 amide bonds. The Bertz CT molecular complexity index is 1280. The van der Waals surface area contributed by atoms with Gasteiger partial charge >= 0.3 is 5.97 Å². The van der Waals surface area contributed by atoms with Crippen LogP contribution in [0.4, 0.5) is 0 Å². The lowest BCUT2D eigenvalue weighted by Gasteiger charge is -2.30. The van der Waals surface area contributed by atoms with Gasteiger partial charge in [-0.1, -0.05) is 25.1 Å². The number of carbonyl (C=O) groups is 1. The summed E-state index contributed by atoms with van der Waals surface area (Å²) < 4.78 is 12.0. The third-order valence-corrected chi connectivity index (χ3v) is 6.39. The van der Waals surface area contributed by atoms with Gasteiger partial charge in [0.25, 0.3) is 0 Å². The average Bonchev–Trinajstić information content (AvgIpc) is 3.16. The minimum Gasteiger partial charge on any atom is -0.493 e. The standard InChI is InChI=1S/C27H28N2O4/c1-4-29-14-19(11-18-13-24-17(10-16(3)33-24)12-23(18)32-5-2)26-21(15-29)25(27(30)31)20-8-6-7-9-22(20)28-26/h6-9,11-13,16H,4-5,10,14-15H2,1-3H3,(H,30,31)/b19-11+. The van der Waals surface area contributed by atoms with E-state index in [1.807, 2.05) is 37.3 Å². The average molecular weight is 445 g/mol. The summed E-state index contributed by atoms with van der Waals surface area (Å²) in [6, 6.07) is 11.6. The van der Waals surface area contributed by atoms with Gasteiger partial charge in [0, 0.05) is 41.6 Å². The quantitative estimate of drug-likeness (QED) is 0.595. The van der Waals surface area contributed by atoms with E-state index in [9.17, 15) is 9.90 Å². The fourth-order valence-corrected chi connectivity index (χ4v) is 4.88. The number of aromatic nitrogens is 1. The molecular formula is C27H28N2O4. The number of likely N-dealkylation sites (N-methyl/N-ethyl adjacent to an activating group) is 1. The topological polar surface area (TPSA) is 71.9 Å². The maximum atomic E-state index is 12.3. The largest absolute Gasteiger partial charge is 0.493 e. The van der Waals surface area contributed by atoms with Crippen molar-refractivity contribution in [2.45, 2.75) is 39.8 Å². The van der Waals surface area contributed by atoms with E-state index in [0.717, 1.165) is 52.4 Å². The molecule has 0 aliphatic carbocycles. The van der Waals surface area contributed by atoms with E-state index in [4.69, 9.17) is 14.5 Å². The van der Waals surface area contributed by atoms with Crippen molar-refractivity contribution >= 4 is 28.5 Å². The number of nitrogens with zero attached hydrogens (tertiary/aromatic N) is 2. The third kappa shape index (κ3) is 3.85. The van der Waals surface area contributed by atoms with E-state index >= 15 is 0 Å². The number of hydrogen-bond donors (Lipinski definition) is 1. The lowest BCUT2D eigenvalue weighted by Crippen LogP contribution is -2.31. The molecule has 0 saturated heterocycles. The van der Waals surface area contributed by atoms with Gasteiger partial charge < -0.3 is 14.6 Å². The van der Waals surface area contributed by atoms with Crippen LogP contribution in [0.3, 0.4) is 0 Å². The first-order chi connectivity index (χ1) is 16.0. The molecular weight excluding hydrogens is 416 g/mol. The molecule has 6 heteroatoms. The Morgan fingerprint density at radius 2 is 2.09 bits per heavy atom. The summed E-state index contributed by atoms with van der Waals surface area (Å²) in [4.78, 5) is 19.5.